The molecule has 0 bridgehead atoms. The van der Waals surface area contributed by atoms with E-state index in [9.17, 15) is 9.90 Å². The Labute approximate surface area is 94.0 Å². The number of hydrogen-bond donors (Lipinski definition) is 1. The number of β-amino-alcohol motifs (C(OH)–C–C–N with tert-alkyl or cyclic N) is 1. The molecule has 2 heterocycles. The van der Waals surface area contributed by atoms with E-state index in [4.69, 9.17) is 4.52 Å². The van der Waals surface area contributed by atoms with E-state index >= 15 is 0 Å². The van der Waals surface area contributed by atoms with Crippen molar-refractivity contribution in [2.75, 3.05) is 13.1 Å². The Hall–Kier alpha value is -1.36. The van der Waals surface area contributed by atoms with Gasteiger partial charge in [-0.05, 0) is 26.7 Å². The molecule has 1 fully saturated rings. The Morgan fingerprint density at radius 1 is 1.56 bits per heavy atom. The first-order chi connectivity index (χ1) is 7.59. The van der Waals surface area contributed by atoms with Crippen molar-refractivity contribution in [3.63, 3.8) is 0 Å². The van der Waals surface area contributed by atoms with Crippen LogP contribution >= 0.6 is 0 Å². The smallest absolute Gasteiger partial charge is 0.259 e. The minimum absolute atomic E-state index is 0.0880. The molecule has 2 rings (SSSR count). The van der Waals surface area contributed by atoms with Gasteiger partial charge < -0.3 is 14.5 Å². The number of carbonyl (C=O) groups excluding carboxylic acids is 1. The summed E-state index contributed by atoms with van der Waals surface area (Å²) < 4.78 is 4.97. The fraction of sp³-hybridized carbons (Fsp3) is 0.636. The van der Waals surface area contributed by atoms with Crippen LogP contribution in [-0.4, -0.2) is 40.3 Å². The van der Waals surface area contributed by atoms with Crippen molar-refractivity contribution in [3.8, 4) is 0 Å². The first-order valence-electron chi connectivity index (χ1n) is 5.50. The predicted octanol–water partition coefficient (Wildman–Crippen LogP) is 0.888. The first kappa shape index (κ1) is 11.1. The third kappa shape index (κ3) is 1.95. The highest BCUT2D eigenvalue weighted by Crippen LogP contribution is 2.18. The van der Waals surface area contributed by atoms with E-state index in [1.54, 1.807) is 18.7 Å². The lowest BCUT2D eigenvalue weighted by Crippen LogP contribution is -2.42. The molecule has 0 radical (unpaired) electrons. The number of aliphatic hydroxyl groups is 1. The zero-order valence-electron chi connectivity index (χ0n) is 9.56. The lowest BCUT2D eigenvalue weighted by atomic mass is 10.1. The topological polar surface area (TPSA) is 66.6 Å². The Morgan fingerprint density at radius 3 is 2.88 bits per heavy atom. The van der Waals surface area contributed by atoms with E-state index < -0.39 is 6.10 Å². The van der Waals surface area contributed by atoms with Gasteiger partial charge in [0.2, 0.25) is 0 Å². The fourth-order valence-corrected chi connectivity index (χ4v) is 2.09. The standard InChI is InChI=1S/C11H16N2O3/c1-7-10(8(2)16-12-7)11(15)13-5-3-4-9(14)6-13/h9,14H,3-6H2,1-2H3/t9-/m1/s1. The van der Waals surface area contributed by atoms with Gasteiger partial charge in [0, 0.05) is 13.1 Å². The Bertz CT molecular complexity index is 380. The van der Waals surface area contributed by atoms with Crippen LogP contribution in [0.4, 0.5) is 0 Å². The van der Waals surface area contributed by atoms with Crippen LogP contribution in [0.15, 0.2) is 4.52 Å². The molecule has 0 saturated carbocycles. The Morgan fingerprint density at radius 2 is 2.31 bits per heavy atom. The van der Waals surface area contributed by atoms with Crippen molar-refractivity contribution < 1.29 is 14.4 Å². The summed E-state index contributed by atoms with van der Waals surface area (Å²) >= 11 is 0. The number of hydrogen-bond acceptors (Lipinski definition) is 4. The lowest BCUT2D eigenvalue weighted by Gasteiger charge is -2.29. The van der Waals surface area contributed by atoms with Gasteiger partial charge in [0.15, 0.2) is 0 Å². The van der Waals surface area contributed by atoms with Crippen molar-refractivity contribution in [3.05, 3.63) is 17.0 Å². The third-order valence-corrected chi connectivity index (χ3v) is 2.93. The molecular formula is C11H16N2O3. The van der Waals surface area contributed by atoms with Gasteiger partial charge in [-0.1, -0.05) is 5.16 Å². The van der Waals surface area contributed by atoms with Gasteiger partial charge in [-0.15, -0.1) is 0 Å². The van der Waals surface area contributed by atoms with Gasteiger partial charge in [0.1, 0.15) is 11.3 Å². The monoisotopic (exact) mass is 224 g/mol. The summed E-state index contributed by atoms with van der Waals surface area (Å²) in [6.07, 6.45) is 1.21. The summed E-state index contributed by atoms with van der Waals surface area (Å²) in [5.41, 5.74) is 1.15. The molecule has 88 valence electrons. The minimum atomic E-state index is -0.404. The highest BCUT2D eigenvalue weighted by Gasteiger charge is 2.27. The number of amides is 1. The van der Waals surface area contributed by atoms with Gasteiger partial charge in [0.25, 0.3) is 5.91 Å². The molecule has 1 aliphatic rings. The molecule has 1 aromatic rings. The highest BCUT2D eigenvalue weighted by molar-refractivity contribution is 5.96. The lowest BCUT2D eigenvalue weighted by molar-refractivity contribution is 0.0471. The average Bonchev–Trinajstić information content (AvgIpc) is 2.58. The van der Waals surface area contributed by atoms with Gasteiger partial charge in [0.05, 0.1) is 11.8 Å². The molecule has 1 aliphatic heterocycles. The summed E-state index contributed by atoms with van der Waals surface area (Å²) in [6, 6.07) is 0. The summed E-state index contributed by atoms with van der Waals surface area (Å²) in [7, 11) is 0. The highest BCUT2D eigenvalue weighted by atomic mass is 16.5. The van der Waals surface area contributed by atoms with E-state index in [1.807, 2.05) is 0 Å². The average molecular weight is 224 g/mol. The minimum Gasteiger partial charge on any atom is -0.391 e. The summed E-state index contributed by atoms with van der Waals surface area (Å²) in [5, 5.41) is 13.3. The number of aryl methyl sites for hydroxylation is 2. The summed E-state index contributed by atoms with van der Waals surface area (Å²) in [6.45, 7) is 4.58. The molecule has 0 unspecified atom stereocenters. The molecule has 1 atom stereocenters. The van der Waals surface area contributed by atoms with E-state index in [1.165, 1.54) is 0 Å². The van der Waals surface area contributed by atoms with Crippen LogP contribution in [0.5, 0.6) is 0 Å². The largest absolute Gasteiger partial charge is 0.391 e. The number of piperidine rings is 1. The molecule has 0 spiro atoms. The first-order valence-corrected chi connectivity index (χ1v) is 5.50. The molecule has 1 saturated heterocycles. The molecule has 5 nitrogen and oxygen atoms in total. The SMILES string of the molecule is Cc1noc(C)c1C(=O)N1CCC[C@@H](O)C1. The second-order valence-corrected chi connectivity index (χ2v) is 4.25. The second-order valence-electron chi connectivity index (χ2n) is 4.25. The van der Waals surface area contributed by atoms with Crippen molar-refractivity contribution in [1.29, 1.82) is 0 Å². The van der Waals surface area contributed by atoms with E-state index in [0.29, 0.717) is 30.1 Å². The second kappa shape index (κ2) is 4.25. The van der Waals surface area contributed by atoms with Crippen LogP contribution < -0.4 is 0 Å². The molecule has 5 heteroatoms. The zero-order valence-corrected chi connectivity index (χ0v) is 9.56. The van der Waals surface area contributed by atoms with Crippen molar-refractivity contribution in [2.45, 2.75) is 32.8 Å². The van der Waals surface area contributed by atoms with Gasteiger partial charge in [-0.25, -0.2) is 0 Å². The van der Waals surface area contributed by atoms with Crippen LogP contribution in [0.25, 0.3) is 0 Å². The molecule has 0 aliphatic carbocycles. The zero-order chi connectivity index (χ0) is 11.7. The quantitative estimate of drug-likeness (QED) is 0.769. The normalized spacial score (nSPS) is 21.2. The number of aliphatic hydroxyl groups excluding tert-OH is 1. The maximum Gasteiger partial charge on any atom is 0.259 e. The fourth-order valence-electron chi connectivity index (χ4n) is 2.09. The maximum atomic E-state index is 12.2. The number of aromatic nitrogens is 1. The summed E-state index contributed by atoms with van der Waals surface area (Å²) in [4.78, 5) is 13.8. The van der Waals surface area contributed by atoms with Crippen LogP contribution in [0, 0.1) is 13.8 Å². The van der Waals surface area contributed by atoms with Crippen LogP contribution in [0.2, 0.25) is 0 Å². The molecule has 1 N–H and O–H groups in total. The Balaban J connectivity index is 2.18. The molecule has 16 heavy (non-hydrogen) atoms. The maximum absolute atomic E-state index is 12.2. The van der Waals surface area contributed by atoms with Gasteiger partial charge >= 0.3 is 0 Å². The van der Waals surface area contributed by atoms with E-state index in [2.05, 4.69) is 5.16 Å². The number of likely N-dealkylation sites (tertiary alicyclic amines) is 1. The predicted molar refractivity (Wildman–Crippen MR) is 57.1 cm³/mol. The van der Waals surface area contributed by atoms with Crippen LogP contribution in [-0.2, 0) is 0 Å². The third-order valence-electron chi connectivity index (χ3n) is 2.93. The molecular weight excluding hydrogens is 208 g/mol. The molecule has 1 aromatic heterocycles. The summed E-state index contributed by atoms with van der Waals surface area (Å²) in [5.74, 6) is 0.456. The van der Waals surface area contributed by atoms with E-state index in [0.717, 1.165) is 12.8 Å². The van der Waals surface area contributed by atoms with Crippen molar-refractivity contribution in [2.24, 2.45) is 0 Å². The van der Waals surface area contributed by atoms with Crippen LogP contribution in [0.3, 0.4) is 0 Å². The Kier molecular flexibility index (Phi) is 2.96. The van der Waals surface area contributed by atoms with Crippen molar-refractivity contribution in [1.82, 2.24) is 10.1 Å². The number of carbonyl (C=O) groups is 1. The van der Waals surface area contributed by atoms with Crippen LogP contribution in [0.1, 0.15) is 34.7 Å². The number of nitrogens with zero attached hydrogens (tertiary/aromatic N) is 2. The van der Waals surface area contributed by atoms with E-state index in [-0.39, 0.29) is 5.91 Å². The number of rotatable bonds is 1. The molecule has 0 aromatic carbocycles. The molecule has 1 amide bonds. The van der Waals surface area contributed by atoms with Gasteiger partial charge in [-0.2, -0.15) is 0 Å². The van der Waals surface area contributed by atoms with Gasteiger partial charge in [-0.3, -0.25) is 4.79 Å². The van der Waals surface area contributed by atoms with Crippen molar-refractivity contribution >= 4 is 5.91 Å².